The normalized spacial score (nSPS) is 12.0. The van der Waals surface area contributed by atoms with Crippen LogP contribution in [0.15, 0.2) is 29.2 Å². The van der Waals surface area contributed by atoms with Gasteiger partial charge in [-0.3, -0.25) is 4.79 Å². The van der Waals surface area contributed by atoms with Gasteiger partial charge in [0.1, 0.15) is 18.4 Å². The molecular weight excluding hydrogens is 294 g/mol. The van der Waals surface area contributed by atoms with Gasteiger partial charge in [-0.15, -0.1) is 5.92 Å². The van der Waals surface area contributed by atoms with Crippen LogP contribution in [0.3, 0.4) is 0 Å². The molecular formula is C14H17NO5S. The summed E-state index contributed by atoms with van der Waals surface area (Å²) in [5.74, 6) is 5.27. The SMILES string of the molecule is CC#CCOc1ccc(S(=O)(=O)N[C@H](C)C(=O)OC)cc1. The minimum Gasteiger partial charge on any atom is -0.481 e. The van der Waals surface area contributed by atoms with Crippen molar-refractivity contribution in [1.82, 2.24) is 4.72 Å². The number of methoxy groups -OCH3 is 1. The summed E-state index contributed by atoms with van der Waals surface area (Å²) in [6.07, 6.45) is 0. The fourth-order valence-corrected chi connectivity index (χ4v) is 2.62. The van der Waals surface area contributed by atoms with E-state index in [4.69, 9.17) is 4.74 Å². The van der Waals surface area contributed by atoms with Gasteiger partial charge in [0.05, 0.1) is 12.0 Å². The number of benzene rings is 1. The average Bonchev–Trinajstić information content (AvgIpc) is 2.46. The molecule has 0 saturated heterocycles. The first-order chi connectivity index (χ1) is 9.90. The zero-order valence-electron chi connectivity index (χ0n) is 12.0. The van der Waals surface area contributed by atoms with Crippen molar-refractivity contribution in [2.75, 3.05) is 13.7 Å². The highest BCUT2D eigenvalue weighted by atomic mass is 32.2. The number of nitrogens with one attached hydrogen (secondary N) is 1. The molecule has 1 aromatic carbocycles. The smallest absolute Gasteiger partial charge is 0.323 e. The molecule has 0 amide bonds. The Morgan fingerprint density at radius 2 is 1.95 bits per heavy atom. The number of hydrogen-bond donors (Lipinski definition) is 1. The molecule has 0 heterocycles. The number of rotatable bonds is 6. The van der Waals surface area contributed by atoms with Crippen molar-refractivity contribution in [3.8, 4) is 17.6 Å². The predicted octanol–water partition coefficient (Wildman–Crippen LogP) is 0.928. The molecule has 1 N–H and O–H groups in total. The van der Waals surface area contributed by atoms with E-state index in [9.17, 15) is 13.2 Å². The van der Waals surface area contributed by atoms with E-state index >= 15 is 0 Å². The molecule has 0 spiro atoms. The average molecular weight is 311 g/mol. The van der Waals surface area contributed by atoms with Crippen LogP contribution in [-0.4, -0.2) is 34.1 Å². The molecule has 114 valence electrons. The third-order valence-electron chi connectivity index (χ3n) is 2.51. The van der Waals surface area contributed by atoms with Gasteiger partial charge in [0, 0.05) is 0 Å². The first-order valence-corrected chi connectivity index (χ1v) is 7.61. The maximum absolute atomic E-state index is 12.1. The van der Waals surface area contributed by atoms with Crippen LogP contribution in [0, 0.1) is 11.8 Å². The van der Waals surface area contributed by atoms with Crippen LogP contribution in [0.4, 0.5) is 0 Å². The molecule has 7 heteroatoms. The van der Waals surface area contributed by atoms with Gasteiger partial charge in [0.15, 0.2) is 0 Å². The molecule has 0 fully saturated rings. The quantitative estimate of drug-likeness (QED) is 0.624. The second-order valence-corrected chi connectivity index (χ2v) is 5.77. The van der Waals surface area contributed by atoms with Crippen LogP contribution < -0.4 is 9.46 Å². The Morgan fingerprint density at radius 3 is 2.48 bits per heavy atom. The first-order valence-electron chi connectivity index (χ1n) is 6.13. The lowest BCUT2D eigenvalue weighted by Crippen LogP contribution is -2.39. The van der Waals surface area contributed by atoms with Crippen LogP contribution in [0.5, 0.6) is 5.75 Å². The molecule has 1 atom stereocenters. The van der Waals surface area contributed by atoms with Gasteiger partial charge in [-0.25, -0.2) is 8.42 Å². The van der Waals surface area contributed by atoms with Gasteiger partial charge < -0.3 is 9.47 Å². The summed E-state index contributed by atoms with van der Waals surface area (Å²) in [5.41, 5.74) is 0. The van der Waals surface area contributed by atoms with Gasteiger partial charge in [0.25, 0.3) is 0 Å². The van der Waals surface area contributed by atoms with E-state index in [1.54, 1.807) is 6.92 Å². The molecule has 1 aromatic rings. The van der Waals surface area contributed by atoms with Crippen molar-refractivity contribution in [3.63, 3.8) is 0 Å². The highest BCUT2D eigenvalue weighted by Gasteiger charge is 2.22. The molecule has 0 aliphatic heterocycles. The summed E-state index contributed by atoms with van der Waals surface area (Å²) in [6, 6.07) is 4.86. The minimum absolute atomic E-state index is 0.0344. The summed E-state index contributed by atoms with van der Waals surface area (Å²) in [7, 11) is -2.60. The lowest BCUT2D eigenvalue weighted by molar-refractivity contribution is -0.142. The van der Waals surface area contributed by atoms with Crippen LogP contribution in [0.2, 0.25) is 0 Å². The van der Waals surface area contributed by atoms with E-state index < -0.39 is 22.0 Å². The number of hydrogen-bond acceptors (Lipinski definition) is 5. The van der Waals surface area contributed by atoms with Gasteiger partial charge in [0.2, 0.25) is 10.0 Å². The van der Waals surface area contributed by atoms with E-state index in [-0.39, 0.29) is 11.5 Å². The summed E-state index contributed by atoms with van der Waals surface area (Å²) >= 11 is 0. The fourth-order valence-electron chi connectivity index (χ4n) is 1.43. The second kappa shape index (κ2) is 7.67. The molecule has 0 radical (unpaired) electrons. The van der Waals surface area contributed by atoms with Crippen LogP contribution in [0.1, 0.15) is 13.8 Å². The molecule has 0 bridgehead atoms. The zero-order chi connectivity index (χ0) is 15.9. The Labute approximate surface area is 124 Å². The Morgan fingerprint density at radius 1 is 1.33 bits per heavy atom. The standard InChI is InChI=1S/C14H17NO5S/c1-4-5-10-20-12-6-8-13(9-7-12)21(17,18)15-11(2)14(16)19-3/h6-9,11,15H,10H2,1-3H3/t11-/m1/s1. The van der Waals surface area contributed by atoms with Crippen molar-refractivity contribution < 1.29 is 22.7 Å². The van der Waals surface area contributed by atoms with Gasteiger partial charge >= 0.3 is 5.97 Å². The van der Waals surface area contributed by atoms with Crippen LogP contribution in [0.25, 0.3) is 0 Å². The van der Waals surface area contributed by atoms with Gasteiger partial charge in [-0.05, 0) is 38.1 Å². The lowest BCUT2D eigenvalue weighted by Gasteiger charge is -2.12. The molecule has 0 aliphatic rings. The van der Waals surface area contributed by atoms with Crippen LogP contribution >= 0.6 is 0 Å². The maximum atomic E-state index is 12.1. The van der Waals surface area contributed by atoms with Crippen molar-refractivity contribution in [1.29, 1.82) is 0 Å². The van der Waals surface area contributed by atoms with Gasteiger partial charge in [-0.1, -0.05) is 5.92 Å². The lowest BCUT2D eigenvalue weighted by atomic mass is 10.3. The van der Waals surface area contributed by atoms with E-state index in [0.29, 0.717) is 5.75 Å². The molecule has 6 nitrogen and oxygen atoms in total. The summed E-state index contributed by atoms with van der Waals surface area (Å²) < 4.78 is 36.1. The highest BCUT2D eigenvalue weighted by molar-refractivity contribution is 7.89. The molecule has 21 heavy (non-hydrogen) atoms. The van der Waals surface area contributed by atoms with Crippen molar-refractivity contribution >= 4 is 16.0 Å². The van der Waals surface area contributed by atoms with Crippen LogP contribution in [-0.2, 0) is 19.6 Å². The first kappa shape index (κ1) is 17.0. The Kier molecular flexibility index (Phi) is 6.21. The largest absolute Gasteiger partial charge is 0.481 e. The molecule has 0 aliphatic carbocycles. The number of sulfonamides is 1. The molecule has 0 unspecified atom stereocenters. The zero-order valence-corrected chi connectivity index (χ0v) is 12.9. The van der Waals surface area contributed by atoms with Gasteiger partial charge in [-0.2, -0.15) is 4.72 Å². The Hall–Kier alpha value is -2.04. The minimum atomic E-state index is -3.79. The topological polar surface area (TPSA) is 81.7 Å². The van der Waals surface area contributed by atoms with Crippen molar-refractivity contribution in [2.45, 2.75) is 24.8 Å². The van der Waals surface area contributed by atoms with E-state index in [0.717, 1.165) is 0 Å². The van der Waals surface area contributed by atoms with E-state index in [1.807, 2.05) is 0 Å². The van der Waals surface area contributed by atoms with Crippen molar-refractivity contribution in [3.05, 3.63) is 24.3 Å². The molecule has 1 rings (SSSR count). The number of ether oxygens (including phenoxy) is 2. The molecule has 0 saturated carbocycles. The van der Waals surface area contributed by atoms with Crippen molar-refractivity contribution in [2.24, 2.45) is 0 Å². The Bertz CT molecular complexity index is 640. The Balaban J connectivity index is 2.79. The summed E-state index contributed by atoms with van der Waals surface area (Å²) in [5, 5.41) is 0. The fraction of sp³-hybridized carbons (Fsp3) is 0.357. The third kappa shape index (κ3) is 5.10. The number of carbonyl (C=O) groups excluding carboxylic acids is 1. The van der Waals surface area contributed by atoms with E-state index in [2.05, 4.69) is 21.3 Å². The predicted molar refractivity (Wildman–Crippen MR) is 77.2 cm³/mol. The number of carbonyl (C=O) groups is 1. The number of esters is 1. The second-order valence-electron chi connectivity index (χ2n) is 4.05. The molecule has 0 aromatic heterocycles. The summed E-state index contributed by atoms with van der Waals surface area (Å²) in [4.78, 5) is 11.3. The third-order valence-corrected chi connectivity index (χ3v) is 4.07. The summed E-state index contributed by atoms with van der Waals surface area (Å²) in [6.45, 7) is 3.34. The van der Waals surface area contributed by atoms with E-state index in [1.165, 1.54) is 38.3 Å². The highest BCUT2D eigenvalue weighted by Crippen LogP contribution is 2.16. The monoisotopic (exact) mass is 311 g/mol. The maximum Gasteiger partial charge on any atom is 0.323 e.